The first-order valence-electron chi connectivity index (χ1n) is 9.44. The van der Waals surface area contributed by atoms with Gasteiger partial charge in [-0.25, -0.2) is 4.79 Å². The molecule has 1 N–H and O–H groups in total. The zero-order valence-corrected chi connectivity index (χ0v) is 15.9. The number of hydrogen-bond donors (Lipinski definition) is 1. The van der Waals surface area contributed by atoms with E-state index in [0.717, 1.165) is 50.7 Å². The third-order valence-electron chi connectivity index (χ3n) is 4.89. The molecular formula is C19H28N4O4. The van der Waals surface area contributed by atoms with Crippen LogP contribution in [0.4, 0.5) is 10.5 Å². The van der Waals surface area contributed by atoms with Gasteiger partial charge in [-0.3, -0.25) is 14.6 Å². The number of urea groups is 1. The van der Waals surface area contributed by atoms with Gasteiger partial charge >= 0.3 is 6.03 Å². The highest BCUT2D eigenvalue weighted by atomic mass is 16.5. The van der Waals surface area contributed by atoms with E-state index in [4.69, 9.17) is 9.47 Å². The van der Waals surface area contributed by atoms with E-state index in [0.29, 0.717) is 19.6 Å². The predicted molar refractivity (Wildman–Crippen MR) is 102 cm³/mol. The molecule has 0 radical (unpaired) electrons. The van der Waals surface area contributed by atoms with E-state index in [2.05, 4.69) is 10.2 Å². The number of methoxy groups -OCH3 is 1. The van der Waals surface area contributed by atoms with Crippen LogP contribution in [0, 0.1) is 0 Å². The van der Waals surface area contributed by atoms with Crippen LogP contribution in [0.3, 0.4) is 0 Å². The summed E-state index contributed by atoms with van der Waals surface area (Å²) >= 11 is 0. The zero-order valence-electron chi connectivity index (χ0n) is 15.9. The minimum absolute atomic E-state index is 0.100. The fourth-order valence-corrected chi connectivity index (χ4v) is 3.32. The lowest BCUT2D eigenvalue weighted by molar-refractivity contribution is -0.121. The maximum Gasteiger partial charge on any atom is 0.325 e. The summed E-state index contributed by atoms with van der Waals surface area (Å²) in [5.41, 5.74) is 0.814. The highest BCUT2D eigenvalue weighted by Gasteiger charge is 2.30. The van der Waals surface area contributed by atoms with Crippen LogP contribution in [0.25, 0.3) is 0 Å². The van der Waals surface area contributed by atoms with E-state index in [9.17, 15) is 9.59 Å². The summed E-state index contributed by atoms with van der Waals surface area (Å²) in [4.78, 5) is 30.3. The number of nitrogens with one attached hydrogen (secondary N) is 1. The first kappa shape index (κ1) is 19.4. The van der Waals surface area contributed by atoms with E-state index in [1.807, 2.05) is 24.3 Å². The summed E-state index contributed by atoms with van der Waals surface area (Å²) in [5.74, 6) is 0.639. The third kappa shape index (κ3) is 5.33. The molecule has 2 saturated heterocycles. The lowest BCUT2D eigenvalue weighted by Crippen LogP contribution is -2.41. The number of carbonyl (C=O) groups is 2. The summed E-state index contributed by atoms with van der Waals surface area (Å²) in [5, 5.41) is 2.91. The van der Waals surface area contributed by atoms with Gasteiger partial charge in [0, 0.05) is 38.4 Å². The van der Waals surface area contributed by atoms with E-state index in [-0.39, 0.29) is 18.5 Å². The van der Waals surface area contributed by atoms with Gasteiger partial charge in [0.2, 0.25) is 5.91 Å². The van der Waals surface area contributed by atoms with Gasteiger partial charge in [0.25, 0.3) is 0 Å². The van der Waals surface area contributed by atoms with Gasteiger partial charge in [-0.15, -0.1) is 0 Å². The second-order valence-electron chi connectivity index (χ2n) is 6.71. The molecule has 1 aromatic carbocycles. The standard InChI is InChI=1S/C19H28N4O4/c1-26-17-5-3-16(4-6-17)23-10-9-22(19(23)25)15-18(24)20-7-2-8-21-11-13-27-14-12-21/h3-6H,2,7-15H2,1H3,(H,20,24). The van der Waals surface area contributed by atoms with Crippen molar-refractivity contribution in [1.82, 2.24) is 15.1 Å². The molecule has 0 aromatic heterocycles. The minimum atomic E-state index is -0.136. The van der Waals surface area contributed by atoms with Crippen LogP contribution in [-0.4, -0.2) is 87.9 Å². The molecule has 0 aliphatic carbocycles. The van der Waals surface area contributed by atoms with Gasteiger partial charge in [0.15, 0.2) is 0 Å². The largest absolute Gasteiger partial charge is 0.497 e. The van der Waals surface area contributed by atoms with Gasteiger partial charge in [-0.05, 0) is 37.2 Å². The third-order valence-corrected chi connectivity index (χ3v) is 4.89. The average molecular weight is 376 g/mol. The Balaban J connectivity index is 1.38. The molecule has 0 spiro atoms. The lowest BCUT2D eigenvalue weighted by Gasteiger charge is -2.26. The molecule has 0 atom stereocenters. The number of rotatable bonds is 8. The minimum Gasteiger partial charge on any atom is -0.497 e. The second-order valence-corrected chi connectivity index (χ2v) is 6.71. The van der Waals surface area contributed by atoms with Gasteiger partial charge in [-0.1, -0.05) is 0 Å². The number of nitrogens with zero attached hydrogens (tertiary/aromatic N) is 3. The molecule has 8 nitrogen and oxygen atoms in total. The van der Waals surface area contributed by atoms with E-state index < -0.39 is 0 Å². The summed E-state index contributed by atoms with van der Waals surface area (Å²) in [6.45, 7) is 6.29. The molecule has 27 heavy (non-hydrogen) atoms. The highest BCUT2D eigenvalue weighted by Crippen LogP contribution is 2.23. The van der Waals surface area contributed by atoms with Crippen LogP contribution in [0.5, 0.6) is 5.75 Å². The van der Waals surface area contributed by atoms with Gasteiger partial charge in [0.1, 0.15) is 12.3 Å². The molecule has 0 unspecified atom stereocenters. The van der Waals surface area contributed by atoms with Crippen molar-refractivity contribution in [3.05, 3.63) is 24.3 Å². The SMILES string of the molecule is COc1ccc(N2CCN(CC(=O)NCCCN3CCOCC3)C2=O)cc1. The van der Waals surface area contributed by atoms with Crippen LogP contribution in [0.15, 0.2) is 24.3 Å². The maximum atomic E-state index is 12.6. The Morgan fingerprint density at radius 2 is 1.89 bits per heavy atom. The number of morpholine rings is 1. The molecule has 8 heteroatoms. The van der Waals surface area contributed by atoms with E-state index >= 15 is 0 Å². The molecular weight excluding hydrogens is 348 g/mol. The van der Waals surface area contributed by atoms with Gasteiger partial charge < -0.3 is 19.7 Å². The van der Waals surface area contributed by atoms with Crippen molar-refractivity contribution >= 4 is 17.6 Å². The average Bonchev–Trinajstić information content (AvgIpc) is 3.06. The summed E-state index contributed by atoms with van der Waals surface area (Å²) in [6.07, 6.45) is 0.900. The van der Waals surface area contributed by atoms with Crippen molar-refractivity contribution in [3.63, 3.8) is 0 Å². The first-order valence-corrected chi connectivity index (χ1v) is 9.44. The highest BCUT2D eigenvalue weighted by molar-refractivity contribution is 5.96. The molecule has 2 fully saturated rings. The Bertz CT molecular complexity index is 631. The van der Waals surface area contributed by atoms with E-state index in [1.165, 1.54) is 0 Å². The molecule has 2 aliphatic heterocycles. The van der Waals surface area contributed by atoms with Gasteiger partial charge in [0.05, 0.1) is 20.3 Å². The van der Waals surface area contributed by atoms with Crippen molar-refractivity contribution in [2.24, 2.45) is 0 Å². The number of amides is 3. The van der Waals surface area contributed by atoms with Crippen LogP contribution >= 0.6 is 0 Å². The Morgan fingerprint density at radius 3 is 2.59 bits per heavy atom. The van der Waals surface area contributed by atoms with Crippen LogP contribution in [0.2, 0.25) is 0 Å². The van der Waals surface area contributed by atoms with Crippen molar-refractivity contribution in [2.45, 2.75) is 6.42 Å². The molecule has 2 aliphatic rings. The quantitative estimate of drug-likeness (QED) is 0.679. The monoisotopic (exact) mass is 376 g/mol. The molecule has 148 valence electrons. The second kappa shape index (κ2) is 9.57. The van der Waals surface area contributed by atoms with Crippen molar-refractivity contribution < 1.29 is 19.1 Å². The molecule has 0 saturated carbocycles. The predicted octanol–water partition coefficient (Wildman–Crippen LogP) is 0.776. The number of anilines is 1. The number of carbonyl (C=O) groups excluding carboxylic acids is 2. The Hall–Kier alpha value is -2.32. The van der Waals surface area contributed by atoms with Crippen LogP contribution in [0.1, 0.15) is 6.42 Å². The van der Waals surface area contributed by atoms with Crippen molar-refractivity contribution in [1.29, 1.82) is 0 Å². The molecule has 3 amide bonds. The van der Waals surface area contributed by atoms with E-state index in [1.54, 1.807) is 16.9 Å². The molecule has 1 aromatic rings. The Labute approximate surface area is 160 Å². The molecule has 2 heterocycles. The molecule has 3 rings (SSSR count). The maximum absolute atomic E-state index is 12.6. The molecule has 0 bridgehead atoms. The van der Waals surface area contributed by atoms with Crippen molar-refractivity contribution in [2.75, 3.05) is 71.0 Å². The summed E-state index contributed by atoms with van der Waals surface area (Å²) < 4.78 is 10.5. The number of ether oxygens (including phenoxy) is 2. The lowest BCUT2D eigenvalue weighted by atomic mass is 10.3. The summed E-state index contributed by atoms with van der Waals surface area (Å²) in [7, 11) is 1.61. The van der Waals surface area contributed by atoms with Gasteiger partial charge in [-0.2, -0.15) is 0 Å². The fraction of sp³-hybridized carbons (Fsp3) is 0.579. The normalized spacial score (nSPS) is 18.0. The van der Waals surface area contributed by atoms with Crippen LogP contribution in [-0.2, 0) is 9.53 Å². The fourth-order valence-electron chi connectivity index (χ4n) is 3.32. The smallest absolute Gasteiger partial charge is 0.325 e. The number of benzene rings is 1. The Morgan fingerprint density at radius 1 is 1.15 bits per heavy atom. The Kier molecular flexibility index (Phi) is 6.89. The zero-order chi connectivity index (χ0) is 19.1. The topological polar surface area (TPSA) is 74.3 Å². The van der Waals surface area contributed by atoms with Crippen LogP contribution < -0.4 is 15.0 Å². The van der Waals surface area contributed by atoms with Crippen molar-refractivity contribution in [3.8, 4) is 5.75 Å². The number of hydrogen-bond acceptors (Lipinski definition) is 5. The first-order chi connectivity index (χ1) is 13.2. The summed E-state index contributed by atoms with van der Waals surface area (Å²) in [6, 6.07) is 7.22.